The van der Waals surface area contributed by atoms with E-state index < -0.39 is 80.7 Å². The number of unbranched alkanes of at least 4 members (excludes halogenated alkanes) is 14. The molecule has 0 aromatic heterocycles. The summed E-state index contributed by atoms with van der Waals surface area (Å²) in [6.45, 7) is 3.48. The molecule has 0 spiro atoms. The largest absolute Gasteiger partial charge is 0.457 e. The Bertz CT molecular complexity index is 1300. The van der Waals surface area contributed by atoms with E-state index in [-0.39, 0.29) is 25.6 Å². The van der Waals surface area contributed by atoms with E-state index >= 15 is 0 Å². The van der Waals surface area contributed by atoms with Crippen molar-refractivity contribution >= 4 is 5.97 Å². The van der Waals surface area contributed by atoms with Crippen LogP contribution in [0.4, 0.5) is 0 Å². The number of aliphatic hydroxyl groups is 7. The third-order valence-electron chi connectivity index (χ3n) is 11.5. The fourth-order valence-corrected chi connectivity index (χ4v) is 7.49. The molecule has 65 heavy (non-hydrogen) atoms. The van der Waals surface area contributed by atoms with E-state index in [2.05, 4.69) is 74.6 Å². The van der Waals surface area contributed by atoms with Crippen LogP contribution in [0.2, 0.25) is 0 Å². The van der Waals surface area contributed by atoms with Gasteiger partial charge in [0, 0.05) is 13.0 Å². The monoisotopic (exact) mass is 925 g/mol. The highest BCUT2D eigenvalue weighted by molar-refractivity contribution is 5.69. The topological polar surface area (TPSA) is 214 Å². The van der Waals surface area contributed by atoms with Gasteiger partial charge in [-0.25, -0.2) is 0 Å². The van der Waals surface area contributed by atoms with E-state index in [1.807, 2.05) is 0 Å². The van der Waals surface area contributed by atoms with Crippen LogP contribution in [-0.4, -0.2) is 142 Å². The molecule has 11 atom stereocenters. The third-order valence-corrected chi connectivity index (χ3v) is 11.5. The van der Waals surface area contributed by atoms with Gasteiger partial charge < -0.3 is 64.2 Å². The molecule has 11 unspecified atom stereocenters. The molecule has 0 saturated carbocycles. The summed E-state index contributed by atoms with van der Waals surface area (Å²) in [5.74, 6) is -0.389. The van der Waals surface area contributed by atoms with Crippen LogP contribution in [0.25, 0.3) is 0 Å². The van der Waals surface area contributed by atoms with Gasteiger partial charge in [0.1, 0.15) is 54.9 Å². The molecule has 2 saturated heterocycles. The molecule has 2 fully saturated rings. The van der Waals surface area contributed by atoms with Gasteiger partial charge in [0.15, 0.2) is 12.6 Å². The maximum absolute atomic E-state index is 12.9. The Labute approximate surface area is 390 Å². The lowest BCUT2D eigenvalue weighted by Gasteiger charge is -2.42. The number of rotatable bonds is 38. The summed E-state index contributed by atoms with van der Waals surface area (Å²) in [7, 11) is 0. The summed E-state index contributed by atoms with van der Waals surface area (Å²) in [6.07, 6.45) is 28.6. The minimum atomic E-state index is -1.71. The Morgan fingerprint density at radius 2 is 1.00 bits per heavy atom. The fourth-order valence-electron chi connectivity index (χ4n) is 7.49. The highest BCUT2D eigenvalue weighted by Crippen LogP contribution is 2.26. The predicted octanol–water partition coefficient (Wildman–Crippen LogP) is 6.96. The van der Waals surface area contributed by atoms with Gasteiger partial charge >= 0.3 is 5.97 Å². The first-order chi connectivity index (χ1) is 31.6. The van der Waals surface area contributed by atoms with Crippen LogP contribution >= 0.6 is 0 Å². The molecule has 2 aliphatic heterocycles. The van der Waals surface area contributed by atoms with Crippen molar-refractivity contribution in [2.75, 3.05) is 33.0 Å². The van der Waals surface area contributed by atoms with Crippen LogP contribution in [0.3, 0.4) is 0 Å². The summed E-state index contributed by atoms with van der Waals surface area (Å²) >= 11 is 0. The maximum atomic E-state index is 12.9. The summed E-state index contributed by atoms with van der Waals surface area (Å²) in [6, 6.07) is 0. The number of hydrogen-bond acceptors (Lipinski definition) is 14. The predicted molar refractivity (Wildman–Crippen MR) is 252 cm³/mol. The molecular formula is C51H88O14. The lowest BCUT2D eigenvalue weighted by Crippen LogP contribution is -2.61. The van der Waals surface area contributed by atoms with Crippen molar-refractivity contribution in [3.05, 3.63) is 60.8 Å². The van der Waals surface area contributed by atoms with Crippen LogP contribution < -0.4 is 0 Å². The van der Waals surface area contributed by atoms with Crippen LogP contribution in [-0.2, 0) is 33.2 Å². The van der Waals surface area contributed by atoms with E-state index in [0.717, 1.165) is 83.5 Å². The number of carbonyl (C=O) groups is 1. The van der Waals surface area contributed by atoms with E-state index in [1.165, 1.54) is 44.9 Å². The molecule has 0 radical (unpaired) electrons. The lowest BCUT2D eigenvalue weighted by atomic mass is 9.98. The SMILES string of the molecule is CC/C=C\C/C=C\C/C=C\C/C=C\C/C=C\CCCCCCOCC(COC1OC(COC2OC(CO)C(O)C(O)C2O)C(O)C(O)C1O)OC(=O)CCCCCCCCCCCCC. The highest BCUT2D eigenvalue weighted by atomic mass is 16.7. The van der Waals surface area contributed by atoms with Gasteiger partial charge in [-0.3, -0.25) is 4.79 Å². The highest BCUT2D eigenvalue weighted by Gasteiger charge is 2.47. The molecule has 14 heteroatoms. The number of carbonyl (C=O) groups excluding carboxylic acids is 1. The Kier molecular flexibility index (Phi) is 35.0. The molecule has 0 bridgehead atoms. The molecule has 14 nitrogen and oxygen atoms in total. The molecular weight excluding hydrogens is 837 g/mol. The summed E-state index contributed by atoms with van der Waals surface area (Å²) < 4.78 is 34.2. The minimum Gasteiger partial charge on any atom is -0.457 e. The Balaban J connectivity index is 1.78. The van der Waals surface area contributed by atoms with Crippen molar-refractivity contribution in [2.45, 2.75) is 223 Å². The number of aliphatic hydroxyl groups excluding tert-OH is 7. The van der Waals surface area contributed by atoms with Crippen molar-refractivity contribution in [1.82, 2.24) is 0 Å². The average molecular weight is 925 g/mol. The van der Waals surface area contributed by atoms with E-state index in [9.17, 15) is 40.5 Å². The summed E-state index contributed by atoms with van der Waals surface area (Å²) in [5, 5.41) is 72.0. The summed E-state index contributed by atoms with van der Waals surface area (Å²) in [4.78, 5) is 12.9. The maximum Gasteiger partial charge on any atom is 0.306 e. The first-order valence-electron chi connectivity index (χ1n) is 24.9. The average Bonchev–Trinajstić information content (AvgIpc) is 3.30. The van der Waals surface area contributed by atoms with Crippen LogP contribution in [0, 0.1) is 0 Å². The first kappa shape index (κ1) is 58.8. The molecule has 2 rings (SSSR count). The first-order valence-corrected chi connectivity index (χ1v) is 24.9. The third kappa shape index (κ3) is 26.7. The molecule has 2 aliphatic rings. The standard InChI is InChI=1S/C51H88O14/c1-3-5-7-9-11-13-15-16-17-18-19-20-21-22-23-25-27-29-31-33-35-60-37-40(63-43(53)34-32-30-28-26-24-14-12-10-8-6-4-2)38-61-50-49(59)47(57)45(55)42(65-50)39-62-51-48(58)46(56)44(54)41(36-52)64-51/h5,7,11,13,16-17,19-20,22-23,40-42,44-52,54-59H,3-4,6,8-10,12,14-15,18,21,24-39H2,1-2H3/b7-5-,13-11-,17-16-,20-19-,23-22-. The van der Waals surface area contributed by atoms with E-state index in [4.69, 9.17) is 28.4 Å². The molecule has 376 valence electrons. The second-order valence-electron chi connectivity index (χ2n) is 17.3. The van der Waals surface area contributed by atoms with Gasteiger partial charge in [-0.15, -0.1) is 0 Å². The smallest absolute Gasteiger partial charge is 0.306 e. The Morgan fingerprint density at radius 3 is 1.57 bits per heavy atom. The van der Waals surface area contributed by atoms with Crippen LogP contribution in [0.1, 0.15) is 155 Å². The molecule has 0 amide bonds. The minimum absolute atomic E-state index is 0.0433. The molecule has 2 heterocycles. The number of allylic oxidation sites excluding steroid dienone is 10. The Hall–Kier alpha value is -2.31. The second-order valence-corrected chi connectivity index (χ2v) is 17.3. The fraction of sp³-hybridized carbons (Fsp3) is 0.784. The zero-order valence-electron chi connectivity index (χ0n) is 39.7. The van der Waals surface area contributed by atoms with Gasteiger partial charge in [0.05, 0.1) is 26.4 Å². The quantitative estimate of drug-likeness (QED) is 0.0190. The summed E-state index contributed by atoms with van der Waals surface area (Å²) in [5.41, 5.74) is 0. The van der Waals surface area contributed by atoms with Gasteiger partial charge in [0.2, 0.25) is 0 Å². The van der Waals surface area contributed by atoms with Gasteiger partial charge in [-0.05, 0) is 57.8 Å². The Morgan fingerprint density at radius 1 is 0.523 bits per heavy atom. The van der Waals surface area contributed by atoms with Crippen molar-refractivity contribution in [1.29, 1.82) is 0 Å². The van der Waals surface area contributed by atoms with Gasteiger partial charge in [0.25, 0.3) is 0 Å². The van der Waals surface area contributed by atoms with Gasteiger partial charge in [-0.2, -0.15) is 0 Å². The molecule has 0 aromatic rings. The number of ether oxygens (including phenoxy) is 6. The lowest BCUT2D eigenvalue weighted by molar-refractivity contribution is -0.332. The zero-order valence-corrected chi connectivity index (χ0v) is 39.7. The van der Waals surface area contributed by atoms with Crippen molar-refractivity contribution in [3.8, 4) is 0 Å². The van der Waals surface area contributed by atoms with Crippen LogP contribution in [0.5, 0.6) is 0 Å². The zero-order chi connectivity index (χ0) is 47.3. The number of esters is 1. The normalized spacial score (nSPS) is 27.0. The van der Waals surface area contributed by atoms with E-state index in [1.54, 1.807) is 0 Å². The van der Waals surface area contributed by atoms with Crippen LogP contribution in [0.15, 0.2) is 60.8 Å². The van der Waals surface area contributed by atoms with Crippen molar-refractivity contribution in [3.63, 3.8) is 0 Å². The number of hydrogen-bond donors (Lipinski definition) is 7. The second kappa shape index (κ2) is 38.6. The molecule has 0 aromatic carbocycles. The van der Waals surface area contributed by atoms with Crippen molar-refractivity contribution < 1.29 is 69.0 Å². The van der Waals surface area contributed by atoms with Gasteiger partial charge in [-0.1, -0.05) is 152 Å². The van der Waals surface area contributed by atoms with Crippen molar-refractivity contribution in [2.24, 2.45) is 0 Å². The molecule has 0 aliphatic carbocycles. The molecule has 7 N–H and O–H groups in total. The van der Waals surface area contributed by atoms with E-state index in [0.29, 0.717) is 13.0 Å².